The molecule has 0 aliphatic rings. The molecule has 16 heavy (non-hydrogen) atoms. The number of rotatable bonds is 5. The van der Waals surface area contributed by atoms with Crippen molar-refractivity contribution in [3.63, 3.8) is 0 Å². The largest absolute Gasteiger partial charge is 0.465 e. The van der Waals surface area contributed by atoms with Gasteiger partial charge in [-0.2, -0.15) is 0 Å². The lowest BCUT2D eigenvalue weighted by Crippen LogP contribution is -2.35. The second-order valence-corrected chi connectivity index (χ2v) is 3.45. The summed E-state index contributed by atoms with van der Waals surface area (Å²) in [6.07, 6.45) is 0. The predicted molar refractivity (Wildman–Crippen MR) is 59.3 cm³/mol. The zero-order chi connectivity index (χ0) is 12.0. The van der Waals surface area contributed by atoms with E-state index in [-0.39, 0.29) is 11.8 Å². The Balaban J connectivity index is 2.46. The van der Waals surface area contributed by atoms with Gasteiger partial charge in [0.15, 0.2) is 0 Å². The third kappa shape index (κ3) is 3.62. The van der Waals surface area contributed by atoms with Crippen molar-refractivity contribution >= 4 is 5.97 Å². The van der Waals surface area contributed by atoms with Crippen LogP contribution in [-0.2, 0) is 16.1 Å². The Morgan fingerprint density at radius 1 is 1.50 bits per heavy atom. The molecular weight excluding hydrogens is 209 g/mol. The third-order valence-corrected chi connectivity index (χ3v) is 2.20. The molecule has 1 rings (SSSR count). The van der Waals surface area contributed by atoms with Crippen molar-refractivity contribution in [2.75, 3.05) is 6.61 Å². The van der Waals surface area contributed by atoms with E-state index in [1.807, 2.05) is 0 Å². The van der Waals surface area contributed by atoms with Crippen LogP contribution in [0.1, 0.15) is 19.4 Å². The molecule has 1 N–H and O–H groups in total. The summed E-state index contributed by atoms with van der Waals surface area (Å²) < 4.78 is 18.1. The van der Waals surface area contributed by atoms with Gasteiger partial charge >= 0.3 is 5.97 Å². The maximum atomic E-state index is 13.2. The van der Waals surface area contributed by atoms with Crippen LogP contribution in [0.3, 0.4) is 0 Å². The number of ether oxygens (including phenoxy) is 1. The minimum absolute atomic E-state index is 0.272. The molecule has 0 aliphatic heterocycles. The highest BCUT2D eigenvalue weighted by Gasteiger charge is 2.13. The average Bonchev–Trinajstić information content (AvgIpc) is 2.28. The van der Waals surface area contributed by atoms with Crippen LogP contribution in [0.15, 0.2) is 24.3 Å². The summed E-state index contributed by atoms with van der Waals surface area (Å²) in [6, 6.07) is 6.04. The van der Waals surface area contributed by atoms with Crippen LogP contribution in [0.25, 0.3) is 0 Å². The van der Waals surface area contributed by atoms with E-state index >= 15 is 0 Å². The van der Waals surface area contributed by atoms with E-state index in [0.717, 1.165) is 0 Å². The van der Waals surface area contributed by atoms with Gasteiger partial charge in [0.2, 0.25) is 0 Å². The fourth-order valence-corrected chi connectivity index (χ4v) is 1.26. The molecule has 1 unspecified atom stereocenters. The monoisotopic (exact) mass is 225 g/mol. The zero-order valence-electron chi connectivity index (χ0n) is 9.50. The molecule has 3 nitrogen and oxygen atoms in total. The summed E-state index contributed by atoms with van der Waals surface area (Å²) in [6.45, 7) is 4.11. The summed E-state index contributed by atoms with van der Waals surface area (Å²) in [5.74, 6) is -0.593. The minimum Gasteiger partial charge on any atom is -0.465 e. The molecule has 0 fully saturated rings. The molecule has 0 radical (unpaired) electrons. The van der Waals surface area contributed by atoms with Crippen LogP contribution in [0.2, 0.25) is 0 Å². The molecule has 1 aromatic rings. The predicted octanol–water partition coefficient (Wildman–Crippen LogP) is 1.87. The van der Waals surface area contributed by atoms with Crippen LogP contribution >= 0.6 is 0 Å². The Morgan fingerprint density at radius 2 is 2.19 bits per heavy atom. The van der Waals surface area contributed by atoms with Crippen LogP contribution in [0.5, 0.6) is 0 Å². The van der Waals surface area contributed by atoms with Crippen molar-refractivity contribution in [3.05, 3.63) is 35.6 Å². The molecule has 4 heteroatoms. The van der Waals surface area contributed by atoms with E-state index in [2.05, 4.69) is 5.32 Å². The first-order valence-electron chi connectivity index (χ1n) is 5.28. The fourth-order valence-electron chi connectivity index (χ4n) is 1.26. The van der Waals surface area contributed by atoms with E-state index in [1.54, 1.807) is 32.0 Å². The van der Waals surface area contributed by atoms with E-state index < -0.39 is 6.04 Å². The molecule has 88 valence electrons. The molecule has 0 aliphatic carbocycles. The van der Waals surface area contributed by atoms with Gasteiger partial charge in [-0.25, -0.2) is 4.39 Å². The fraction of sp³-hybridized carbons (Fsp3) is 0.417. The normalized spacial score (nSPS) is 12.2. The van der Waals surface area contributed by atoms with E-state index in [0.29, 0.717) is 18.7 Å². The second-order valence-electron chi connectivity index (χ2n) is 3.45. The van der Waals surface area contributed by atoms with Crippen LogP contribution in [0, 0.1) is 5.82 Å². The Bertz CT molecular complexity index is 355. The topological polar surface area (TPSA) is 38.3 Å². The molecule has 0 heterocycles. The third-order valence-electron chi connectivity index (χ3n) is 2.20. The van der Waals surface area contributed by atoms with Crippen molar-refractivity contribution in [2.45, 2.75) is 26.4 Å². The highest BCUT2D eigenvalue weighted by molar-refractivity contribution is 5.75. The number of hydrogen-bond donors (Lipinski definition) is 1. The van der Waals surface area contributed by atoms with Gasteiger partial charge in [-0.3, -0.25) is 4.79 Å². The molecule has 0 aromatic heterocycles. The summed E-state index contributed by atoms with van der Waals surface area (Å²) in [5, 5.41) is 2.91. The SMILES string of the molecule is CCOC(=O)C(C)NCc1ccccc1F. The van der Waals surface area contributed by atoms with Crippen molar-refractivity contribution in [1.29, 1.82) is 0 Å². The van der Waals surface area contributed by atoms with Crippen molar-refractivity contribution < 1.29 is 13.9 Å². The van der Waals surface area contributed by atoms with Crippen LogP contribution < -0.4 is 5.32 Å². The van der Waals surface area contributed by atoms with Gasteiger partial charge < -0.3 is 10.1 Å². The summed E-state index contributed by atoms with van der Waals surface area (Å²) in [5.41, 5.74) is 0.540. The molecule has 0 spiro atoms. The van der Waals surface area contributed by atoms with Crippen LogP contribution in [0.4, 0.5) is 4.39 Å². The molecular formula is C12H16FNO2. The van der Waals surface area contributed by atoms with Crippen molar-refractivity contribution in [3.8, 4) is 0 Å². The molecule has 1 atom stereocenters. The first kappa shape index (κ1) is 12.6. The van der Waals surface area contributed by atoms with Gasteiger partial charge in [-0.15, -0.1) is 0 Å². The van der Waals surface area contributed by atoms with Gasteiger partial charge in [0.25, 0.3) is 0 Å². The Kier molecular flexibility index (Phi) is 4.92. The van der Waals surface area contributed by atoms with E-state index in [4.69, 9.17) is 4.74 Å². The van der Waals surface area contributed by atoms with Gasteiger partial charge in [0.05, 0.1) is 6.61 Å². The van der Waals surface area contributed by atoms with E-state index in [1.165, 1.54) is 6.07 Å². The first-order valence-corrected chi connectivity index (χ1v) is 5.28. The summed E-state index contributed by atoms with van der Waals surface area (Å²) in [4.78, 5) is 11.3. The molecule has 0 amide bonds. The quantitative estimate of drug-likeness (QED) is 0.777. The maximum Gasteiger partial charge on any atom is 0.322 e. The first-order chi connectivity index (χ1) is 7.65. The van der Waals surface area contributed by atoms with Gasteiger partial charge in [0, 0.05) is 12.1 Å². The van der Waals surface area contributed by atoms with Crippen LogP contribution in [-0.4, -0.2) is 18.6 Å². The summed E-state index contributed by atoms with van der Waals surface area (Å²) in [7, 11) is 0. The lowest BCUT2D eigenvalue weighted by molar-refractivity contribution is -0.145. The highest BCUT2D eigenvalue weighted by atomic mass is 19.1. The average molecular weight is 225 g/mol. The smallest absolute Gasteiger partial charge is 0.322 e. The van der Waals surface area contributed by atoms with E-state index in [9.17, 15) is 9.18 Å². The Hall–Kier alpha value is -1.42. The van der Waals surface area contributed by atoms with Gasteiger partial charge in [-0.05, 0) is 19.9 Å². The number of carbonyl (C=O) groups excluding carboxylic acids is 1. The maximum absolute atomic E-state index is 13.2. The molecule has 0 saturated heterocycles. The molecule has 0 bridgehead atoms. The lowest BCUT2D eigenvalue weighted by atomic mass is 10.2. The minimum atomic E-state index is -0.431. The number of benzene rings is 1. The van der Waals surface area contributed by atoms with Gasteiger partial charge in [-0.1, -0.05) is 18.2 Å². The number of carbonyl (C=O) groups is 1. The Labute approximate surface area is 94.6 Å². The molecule has 0 saturated carbocycles. The Morgan fingerprint density at radius 3 is 2.81 bits per heavy atom. The highest BCUT2D eigenvalue weighted by Crippen LogP contribution is 2.05. The number of nitrogens with one attached hydrogen (secondary N) is 1. The van der Waals surface area contributed by atoms with Crippen molar-refractivity contribution in [2.24, 2.45) is 0 Å². The number of halogens is 1. The zero-order valence-corrected chi connectivity index (χ0v) is 9.50. The molecule has 1 aromatic carbocycles. The number of hydrogen-bond acceptors (Lipinski definition) is 3. The lowest BCUT2D eigenvalue weighted by Gasteiger charge is -2.12. The van der Waals surface area contributed by atoms with Gasteiger partial charge in [0.1, 0.15) is 11.9 Å². The standard InChI is InChI=1S/C12H16FNO2/c1-3-16-12(15)9(2)14-8-10-6-4-5-7-11(10)13/h4-7,9,14H,3,8H2,1-2H3. The van der Waals surface area contributed by atoms with Crippen molar-refractivity contribution in [1.82, 2.24) is 5.32 Å². The summed E-state index contributed by atoms with van der Waals surface area (Å²) >= 11 is 0. The second kappa shape index (κ2) is 6.23. The number of esters is 1.